The van der Waals surface area contributed by atoms with E-state index in [2.05, 4.69) is 37.1 Å². The number of rotatable bonds is 3. The topological polar surface area (TPSA) is 6.48 Å². The first-order valence-corrected chi connectivity index (χ1v) is 6.31. The molecule has 1 aliphatic heterocycles. The van der Waals surface area contributed by atoms with Crippen LogP contribution in [-0.2, 0) is 0 Å². The van der Waals surface area contributed by atoms with Gasteiger partial charge in [0.25, 0.3) is 0 Å². The molecule has 4 heteroatoms. The van der Waals surface area contributed by atoms with Crippen LogP contribution in [-0.4, -0.2) is 52.7 Å². The summed E-state index contributed by atoms with van der Waals surface area (Å²) in [4.78, 5) is 2.55. The van der Waals surface area contributed by atoms with Crippen LogP contribution in [0, 0.1) is 0 Å². The van der Waals surface area contributed by atoms with Gasteiger partial charge in [-0.2, -0.15) is 11.8 Å². The van der Waals surface area contributed by atoms with Crippen molar-refractivity contribution in [2.75, 3.05) is 44.7 Å². The van der Waals surface area contributed by atoms with E-state index in [1.54, 1.807) is 0 Å². The lowest BCUT2D eigenvalue weighted by atomic mass is 10.4. The predicted octanol–water partition coefficient (Wildman–Crippen LogP) is 1.32. The molecule has 0 radical (unpaired) electrons. The quantitative estimate of drug-likeness (QED) is 0.571. The van der Waals surface area contributed by atoms with E-state index in [1.807, 2.05) is 11.8 Å². The molecular formula is C7H15IN2S. The number of halogens is 1. The second-order valence-corrected chi connectivity index (χ2v) is 5.09. The van der Waals surface area contributed by atoms with Crippen molar-refractivity contribution in [1.29, 1.82) is 0 Å². The summed E-state index contributed by atoms with van der Waals surface area (Å²) in [6.07, 6.45) is 2.18. The first-order chi connectivity index (χ1) is 5.33. The minimum Gasteiger partial charge on any atom is -0.300 e. The lowest BCUT2D eigenvalue weighted by molar-refractivity contribution is 0.217. The van der Waals surface area contributed by atoms with Crippen molar-refractivity contribution in [1.82, 2.24) is 8.01 Å². The van der Waals surface area contributed by atoms with Gasteiger partial charge in [0.15, 0.2) is 0 Å². The molecule has 0 unspecified atom stereocenters. The molecule has 0 atom stereocenters. The zero-order chi connectivity index (χ0) is 8.10. The Bertz CT molecular complexity index is 102. The number of thioether (sulfide) groups is 1. The van der Waals surface area contributed by atoms with Crippen LogP contribution in [0.15, 0.2) is 0 Å². The molecule has 0 aromatic rings. The van der Waals surface area contributed by atoms with Crippen LogP contribution in [0.5, 0.6) is 0 Å². The first kappa shape index (κ1) is 10.1. The lowest BCUT2D eigenvalue weighted by Gasteiger charge is -2.30. The smallest absolute Gasteiger partial charge is 0.0209 e. The molecule has 0 spiro atoms. The Labute approximate surface area is 87.2 Å². The van der Waals surface area contributed by atoms with E-state index in [-0.39, 0.29) is 0 Å². The van der Waals surface area contributed by atoms with Gasteiger partial charge >= 0.3 is 0 Å². The zero-order valence-electron chi connectivity index (χ0n) is 6.92. The molecule has 1 rings (SSSR count). The summed E-state index contributed by atoms with van der Waals surface area (Å²) in [7, 11) is 0. The van der Waals surface area contributed by atoms with Gasteiger partial charge in [0.1, 0.15) is 0 Å². The normalized spacial score (nSPS) is 22.4. The molecule has 0 aliphatic carbocycles. The maximum atomic E-state index is 2.55. The highest BCUT2D eigenvalue weighted by molar-refractivity contribution is 14.1. The monoisotopic (exact) mass is 286 g/mol. The highest BCUT2D eigenvalue weighted by Crippen LogP contribution is 2.06. The molecule has 0 amide bonds. The molecule has 1 saturated heterocycles. The van der Waals surface area contributed by atoms with Crippen LogP contribution in [0.25, 0.3) is 0 Å². The summed E-state index contributed by atoms with van der Waals surface area (Å²) >= 11 is 4.34. The minimum absolute atomic E-state index is 1.23. The summed E-state index contributed by atoms with van der Waals surface area (Å²) in [5.41, 5.74) is 0. The van der Waals surface area contributed by atoms with Crippen LogP contribution < -0.4 is 0 Å². The number of hydrogen-bond acceptors (Lipinski definition) is 3. The third kappa shape index (κ3) is 3.96. The molecule has 11 heavy (non-hydrogen) atoms. The fourth-order valence-electron chi connectivity index (χ4n) is 1.17. The van der Waals surface area contributed by atoms with Gasteiger partial charge in [-0.3, -0.25) is 4.90 Å². The highest BCUT2D eigenvalue weighted by atomic mass is 127. The number of hydrogen-bond donors (Lipinski definition) is 0. The minimum atomic E-state index is 1.23. The standard InChI is InChI=1S/C7H15IN2S/c1-11-7-6-9-2-4-10(8)5-3-9/h2-7H2,1H3. The van der Waals surface area contributed by atoms with Gasteiger partial charge in [0.2, 0.25) is 0 Å². The van der Waals surface area contributed by atoms with Gasteiger partial charge in [-0.25, -0.2) is 3.11 Å². The van der Waals surface area contributed by atoms with E-state index < -0.39 is 0 Å². The van der Waals surface area contributed by atoms with Crippen LogP contribution in [0.1, 0.15) is 0 Å². The fraction of sp³-hybridized carbons (Fsp3) is 1.00. The van der Waals surface area contributed by atoms with Gasteiger partial charge < -0.3 is 0 Å². The van der Waals surface area contributed by atoms with Crippen molar-refractivity contribution in [3.05, 3.63) is 0 Å². The summed E-state index contributed by atoms with van der Waals surface area (Å²) < 4.78 is 2.37. The number of nitrogens with zero attached hydrogens (tertiary/aromatic N) is 2. The Morgan fingerprint density at radius 3 is 2.45 bits per heavy atom. The summed E-state index contributed by atoms with van der Waals surface area (Å²) in [5.74, 6) is 1.28. The molecule has 66 valence electrons. The van der Waals surface area contributed by atoms with E-state index in [0.717, 1.165) is 0 Å². The van der Waals surface area contributed by atoms with Crippen LogP contribution >= 0.6 is 34.6 Å². The van der Waals surface area contributed by atoms with Crippen LogP contribution in [0.4, 0.5) is 0 Å². The molecule has 0 aromatic carbocycles. The highest BCUT2D eigenvalue weighted by Gasteiger charge is 2.13. The molecule has 0 saturated carbocycles. The van der Waals surface area contributed by atoms with Crippen molar-refractivity contribution >= 4 is 34.6 Å². The van der Waals surface area contributed by atoms with Crippen molar-refractivity contribution in [3.8, 4) is 0 Å². The Kier molecular flexibility index (Phi) is 5.14. The van der Waals surface area contributed by atoms with Crippen molar-refractivity contribution < 1.29 is 0 Å². The Hall–Kier alpha value is 1.00. The second-order valence-electron chi connectivity index (χ2n) is 2.74. The molecular weight excluding hydrogens is 271 g/mol. The predicted molar refractivity (Wildman–Crippen MR) is 60.4 cm³/mol. The maximum Gasteiger partial charge on any atom is 0.0209 e. The maximum absolute atomic E-state index is 2.55. The molecule has 1 aliphatic rings. The van der Waals surface area contributed by atoms with Crippen molar-refractivity contribution in [2.24, 2.45) is 0 Å². The molecule has 0 aromatic heterocycles. The summed E-state index contributed by atoms with van der Waals surface area (Å²) in [6.45, 7) is 6.24. The van der Waals surface area contributed by atoms with Crippen LogP contribution in [0.3, 0.4) is 0 Å². The molecule has 0 bridgehead atoms. The first-order valence-electron chi connectivity index (χ1n) is 3.95. The van der Waals surface area contributed by atoms with Crippen molar-refractivity contribution in [3.63, 3.8) is 0 Å². The van der Waals surface area contributed by atoms with E-state index in [0.29, 0.717) is 0 Å². The van der Waals surface area contributed by atoms with Gasteiger partial charge in [0.05, 0.1) is 0 Å². The second kappa shape index (κ2) is 5.61. The number of piperazine rings is 1. The Morgan fingerprint density at radius 2 is 1.91 bits per heavy atom. The van der Waals surface area contributed by atoms with E-state index in [9.17, 15) is 0 Å². The van der Waals surface area contributed by atoms with Crippen LogP contribution in [0.2, 0.25) is 0 Å². The van der Waals surface area contributed by atoms with Gasteiger partial charge in [0, 0.05) is 61.3 Å². The SMILES string of the molecule is CSCCN1CCN(I)CC1. The molecule has 2 nitrogen and oxygen atoms in total. The van der Waals surface area contributed by atoms with Gasteiger partial charge in [-0.1, -0.05) is 0 Å². The lowest BCUT2D eigenvalue weighted by Crippen LogP contribution is -2.42. The summed E-state index contributed by atoms with van der Waals surface area (Å²) in [6, 6.07) is 0. The fourth-order valence-corrected chi connectivity index (χ4v) is 2.04. The third-order valence-corrected chi connectivity index (χ3v) is 3.49. The Morgan fingerprint density at radius 1 is 1.27 bits per heavy atom. The molecule has 0 N–H and O–H groups in total. The van der Waals surface area contributed by atoms with Gasteiger partial charge in [-0.05, 0) is 6.26 Å². The van der Waals surface area contributed by atoms with Gasteiger partial charge in [-0.15, -0.1) is 0 Å². The van der Waals surface area contributed by atoms with Crippen molar-refractivity contribution in [2.45, 2.75) is 0 Å². The summed E-state index contributed by atoms with van der Waals surface area (Å²) in [5, 5.41) is 0. The van der Waals surface area contributed by atoms with E-state index in [4.69, 9.17) is 0 Å². The Balaban J connectivity index is 2.07. The van der Waals surface area contributed by atoms with E-state index >= 15 is 0 Å². The van der Waals surface area contributed by atoms with E-state index in [1.165, 1.54) is 38.5 Å². The largest absolute Gasteiger partial charge is 0.300 e. The average molecular weight is 286 g/mol. The molecule has 1 heterocycles. The average Bonchev–Trinajstić information content (AvgIpc) is 2.04. The molecule has 1 fully saturated rings. The zero-order valence-corrected chi connectivity index (χ0v) is 9.90. The third-order valence-electron chi connectivity index (χ3n) is 1.93.